The second kappa shape index (κ2) is 8.96. The van der Waals surface area contributed by atoms with Gasteiger partial charge in [-0.3, -0.25) is 0 Å². The molecule has 0 unspecified atom stereocenters. The number of aromatic amines is 1. The highest BCUT2D eigenvalue weighted by Gasteiger charge is 2.23. The summed E-state index contributed by atoms with van der Waals surface area (Å²) in [7, 11) is 1.69. The fraction of sp³-hybridized carbons (Fsp3) is 0.192. The Labute approximate surface area is 182 Å². The monoisotopic (exact) mass is 414 g/mol. The van der Waals surface area contributed by atoms with E-state index >= 15 is 0 Å². The minimum Gasteiger partial charge on any atom is -0.496 e. The van der Waals surface area contributed by atoms with Crippen LogP contribution in [0.5, 0.6) is 5.75 Å². The van der Waals surface area contributed by atoms with Gasteiger partial charge in [-0.2, -0.15) is 0 Å². The molecule has 0 aliphatic rings. The Kier molecular flexibility index (Phi) is 5.94. The number of rotatable bonds is 7. The molecule has 4 rings (SSSR count). The molecule has 0 aliphatic heterocycles. The average Bonchev–Trinajstić information content (AvgIpc) is 3.13. The molecule has 0 saturated heterocycles. The van der Waals surface area contributed by atoms with E-state index in [1.165, 1.54) is 0 Å². The van der Waals surface area contributed by atoms with Crippen LogP contribution < -0.4 is 10.1 Å². The van der Waals surface area contributed by atoms with Gasteiger partial charge in [0.25, 0.3) is 0 Å². The summed E-state index contributed by atoms with van der Waals surface area (Å²) in [6.45, 7) is 4.24. The number of esters is 1. The highest BCUT2D eigenvalue weighted by atomic mass is 16.5. The molecule has 4 aromatic rings. The molecule has 5 nitrogen and oxygen atoms in total. The summed E-state index contributed by atoms with van der Waals surface area (Å²) < 4.78 is 10.8. The van der Waals surface area contributed by atoms with Gasteiger partial charge in [0.1, 0.15) is 5.75 Å². The fourth-order valence-electron chi connectivity index (χ4n) is 3.96. The molecule has 0 bridgehead atoms. The van der Waals surface area contributed by atoms with E-state index in [4.69, 9.17) is 9.47 Å². The van der Waals surface area contributed by atoms with E-state index in [0.29, 0.717) is 12.2 Å². The lowest BCUT2D eigenvalue weighted by atomic mass is 9.94. The van der Waals surface area contributed by atoms with Gasteiger partial charge in [0, 0.05) is 33.4 Å². The summed E-state index contributed by atoms with van der Waals surface area (Å²) in [6, 6.07) is 23.5. The van der Waals surface area contributed by atoms with E-state index in [9.17, 15) is 4.79 Å². The first-order valence-corrected chi connectivity index (χ1v) is 10.4. The topological polar surface area (TPSA) is 63.4 Å². The minimum absolute atomic E-state index is 0.152. The molecular formula is C26H26N2O3. The maximum Gasteiger partial charge on any atom is 0.338 e. The third kappa shape index (κ3) is 4.12. The van der Waals surface area contributed by atoms with Gasteiger partial charge in [-0.05, 0) is 50.2 Å². The van der Waals surface area contributed by atoms with Crippen molar-refractivity contribution in [2.45, 2.75) is 19.9 Å². The van der Waals surface area contributed by atoms with Crippen LogP contribution in [-0.4, -0.2) is 24.7 Å². The van der Waals surface area contributed by atoms with Crippen LogP contribution >= 0.6 is 0 Å². The second-order valence-corrected chi connectivity index (χ2v) is 7.33. The number of fused-ring (bicyclic) bond motifs is 1. The maximum absolute atomic E-state index is 12.0. The number of carbonyl (C=O) groups excluding carboxylic acids is 1. The van der Waals surface area contributed by atoms with Crippen LogP contribution in [0.2, 0.25) is 0 Å². The third-order valence-electron chi connectivity index (χ3n) is 5.39. The van der Waals surface area contributed by atoms with Crippen LogP contribution in [0.15, 0.2) is 72.8 Å². The van der Waals surface area contributed by atoms with E-state index in [1.54, 1.807) is 26.2 Å². The average molecular weight is 415 g/mol. The number of anilines is 1. The van der Waals surface area contributed by atoms with Crippen molar-refractivity contribution >= 4 is 22.6 Å². The predicted octanol–water partition coefficient (Wildman–Crippen LogP) is 5.86. The number of hydrogen-bond donors (Lipinski definition) is 2. The van der Waals surface area contributed by atoms with Crippen LogP contribution in [0.4, 0.5) is 5.69 Å². The van der Waals surface area contributed by atoms with Crippen molar-refractivity contribution in [2.75, 3.05) is 19.0 Å². The van der Waals surface area contributed by atoms with Gasteiger partial charge in [-0.15, -0.1) is 0 Å². The molecule has 5 heteroatoms. The molecule has 1 aromatic heterocycles. The molecule has 1 heterocycles. The Bertz CT molecular complexity index is 1190. The van der Waals surface area contributed by atoms with Crippen LogP contribution in [0.1, 0.15) is 40.1 Å². The van der Waals surface area contributed by atoms with Crippen LogP contribution in [0.3, 0.4) is 0 Å². The molecule has 0 spiro atoms. The molecule has 0 radical (unpaired) electrons. The van der Waals surface area contributed by atoms with Gasteiger partial charge < -0.3 is 19.8 Å². The zero-order valence-corrected chi connectivity index (χ0v) is 17.9. The number of H-pyrrole nitrogens is 1. The van der Waals surface area contributed by atoms with Crippen molar-refractivity contribution < 1.29 is 14.3 Å². The third-order valence-corrected chi connectivity index (χ3v) is 5.39. The van der Waals surface area contributed by atoms with Crippen LogP contribution in [0, 0.1) is 6.92 Å². The molecule has 2 N–H and O–H groups in total. The fourth-order valence-corrected chi connectivity index (χ4v) is 3.96. The summed E-state index contributed by atoms with van der Waals surface area (Å²) in [5, 5.41) is 4.81. The first kappa shape index (κ1) is 20.5. The van der Waals surface area contributed by atoms with Gasteiger partial charge in [-0.25, -0.2) is 4.79 Å². The van der Waals surface area contributed by atoms with Crippen molar-refractivity contribution in [2.24, 2.45) is 0 Å². The summed E-state index contributed by atoms with van der Waals surface area (Å²) in [6.07, 6.45) is 0. The van der Waals surface area contributed by atoms with Gasteiger partial charge in [0.05, 0.1) is 25.3 Å². The molecule has 31 heavy (non-hydrogen) atoms. The van der Waals surface area contributed by atoms with Crippen molar-refractivity contribution in [1.82, 2.24) is 4.98 Å². The number of aryl methyl sites for hydroxylation is 1. The highest BCUT2D eigenvalue weighted by molar-refractivity contribution is 5.90. The van der Waals surface area contributed by atoms with Crippen molar-refractivity contribution in [3.63, 3.8) is 0 Å². The number of hydrogen-bond acceptors (Lipinski definition) is 4. The number of aromatic nitrogens is 1. The van der Waals surface area contributed by atoms with E-state index < -0.39 is 0 Å². The molecule has 1 atom stereocenters. The molecule has 0 amide bonds. The van der Waals surface area contributed by atoms with Gasteiger partial charge in [-0.1, -0.05) is 36.4 Å². The minimum atomic E-state index is -0.317. The quantitative estimate of drug-likeness (QED) is 0.372. The standard InChI is InChI=1S/C26H26N2O3/c1-4-31-26(29)18-13-15-19(16-14-18)28-25(21-10-6-8-12-23(21)30-3)24-17(2)27-22-11-7-5-9-20(22)24/h5-16,25,27-28H,4H2,1-3H3/t25-/m1/s1. The van der Waals surface area contributed by atoms with E-state index in [2.05, 4.69) is 35.4 Å². The highest BCUT2D eigenvalue weighted by Crippen LogP contribution is 2.38. The first-order chi connectivity index (χ1) is 15.1. The molecule has 3 aromatic carbocycles. The van der Waals surface area contributed by atoms with Crippen molar-refractivity contribution in [3.8, 4) is 5.75 Å². The molecule has 0 fully saturated rings. The lowest BCUT2D eigenvalue weighted by Crippen LogP contribution is -2.14. The number of nitrogens with one attached hydrogen (secondary N) is 2. The number of para-hydroxylation sites is 2. The Balaban J connectivity index is 1.78. The van der Waals surface area contributed by atoms with E-state index in [-0.39, 0.29) is 12.0 Å². The summed E-state index contributed by atoms with van der Waals surface area (Å²) >= 11 is 0. The van der Waals surface area contributed by atoms with Crippen molar-refractivity contribution in [1.29, 1.82) is 0 Å². The van der Waals surface area contributed by atoms with Crippen LogP contribution in [-0.2, 0) is 4.74 Å². The summed E-state index contributed by atoms with van der Waals surface area (Å²) in [4.78, 5) is 15.5. The number of carbonyl (C=O) groups is 1. The largest absolute Gasteiger partial charge is 0.496 e. The number of methoxy groups -OCH3 is 1. The van der Waals surface area contributed by atoms with E-state index in [0.717, 1.165) is 39.2 Å². The zero-order valence-electron chi connectivity index (χ0n) is 17.9. The molecule has 158 valence electrons. The van der Waals surface area contributed by atoms with Gasteiger partial charge in [0.2, 0.25) is 0 Å². The Hall–Kier alpha value is -3.73. The summed E-state index contributed by atoms with van der Waals surface area (Å²) in [5.41, 5.74) is 5.81. The molecule has 0 saturated carbocycles. The predicted molar refractivity (Wildman–Crippen MR) is 124 cm³/mol. The number of ether oxygens (including phenoxy) is 2. The second-order valence-electron chi connectivity index (χ2n) is 7.33. The van der Waals surface area contributed by atoms with Crippen LogP contribution in [0.25, 0.3) is 10.9 Å². The lowest BCUT2D eigenvalue weighted by Gasteiger charge is -2.23. The number of benzene rings is 3. The van der Waals surface area contributed by atoms with Gasteiger partial charge in [0.15, 0.2) is 0 Å². The maximum atomic E-state index is 12.0. The SMILES string of the molecule is CCOC(=O)c1ccc(N[C@H](c2ccccc2OC)c2c(C)[nH]c3ccccc23)cc1. The normalized spacial score (nSPS) is 11.8. The van der Waals surface area contributed by atoms with Gasteiger partial charge >= 0.3 is 5.97 Å². The molecule has 0 aliphatic carbocycles. The molecular weight excluding hydrogens is 388 g/mol. The van der Waals surface area contributed by atoms with E-state index in [1.807, 2.05) is 42.5 Å². The smallest absolute Gasteiger partial charge is 0.338 e. The Morgan fingerprint density at radius 1 is 1.00 bits per heavy atom. The van der Waals surface area contributed by atoms with Crippen molar-refractivity contribution in [3.05, 3.63) is 95.2 Å². The lowest BCUT2D eigenvalue weighted by molar-refractivity contribution is 0.0526. The Morgan fingerprint density at radius 2 is 1.71 bits per heavy atom. The summed E-state index contributed by atoms with van der Waals surface area (Å²) in [5.74, 6) is 0.496. The Morgan fingerprint density at radius 3 is 2.45 bits per heavy atom. The first-order valence-electron chi connectivity index (χ1n) is 10.4. The zero-order chi connectivity index (χ0) is 21.8.